The van der Waals surface area contributed by atoms with Crippen molar-refractivity contribution >= 4 is 21.5 Å². The number of aliphatic imine (C=N–C) groups is 1. The molecule has 0 aliphatic carbocycles. The Labute approximate surface area is 191 Å². The summed E-state index contributed by atoms with van der Waals surface area (Å²) in [5, 5.41) is 0. The van der Waals surface area contributed by atoms with Gasteiger partial charge >= 0.3 is 0 Å². The smallest absolute Gasteiger partial charge is 0.232 e. The van der Waals surface area contributed by atoms with Crippen molar-refractivity contribution in [2.75, 3.05) is 25.6 Å². The first-order chi connectivity index (χ1) is 15.6. The quantitative estimate of drug-likeness (QED) is 0.624. The summed E-state index contributed by atoms with van der Waals surface area (Å²) in [6.07, 6.45) is 2.92. The number of ketones is 1. The zero-order valence-corrected chi connectivity index (χ0v) is 19.2. The number of halogens is 1. The summed E-state index contributed by atoms with van der Waals surface area (Å²) in [4.78, 5) is 25.4. The summed E-state index contributed by atoms with van der Waals surface area (Å²) >= 11 is 0. The Kier molecular flexibility index (Phi) is 5.85. The summed E-state index contributed by atoms with van der Waals surface area (Å²) in [5.41, 5.74) is 6.45. The molecule has 4 rings (SSSR count). The van der Waals surface area contributed by atoms with Gasteiger partial charge in [-0.1, -0.05) is 6.07 Å². The van der Waals surface area contributed by atoms with E-state index in [1.54, 1.807) is 32.0 Å². The molecule has 176 valence electrons. The molecule has 0 fully saturated rings. The Morgan fingerprint density at radius 2 is 2.06 bits per heavy atom. The molecule has 1 aromatic heterocycles. The third kappa shape index (κ3) is 4.17. The molecule has 0 unspecified atom stereocenters. The van der Waals surface area contributed by atoms with E-state index in [2.05, 4.69) is 15.0 Å². The first-order valence-electron chi connectivity index (χ1n) is 10.5. The van der Waals surface area contributed by atoms with Crippen molar-refractivity contribution in [3.05, 3.63) is 47.4 Å². The minimum atomic E-state index is -3.58. The number of nitrogens with zero attached hydrogens (tertiary/aromatic N) is 3. The SMILES string of the molecule is CC1(C)C(N)=N[C@@]2(CCOc3ccc(CC(=O)c4cnc(OCCF)cn4)cc32)CS1(=O)=O. The van der Waals surface area contributed by atoms with Gasteiger partial charge in [-0.2, -0.15) is 0 Å². The standard InChI is InChI=1S/C22H25FN4O5S/c1-21(2)20(24)27-22(13-33(21,29)30)5-7-31-18-4-3-14(9-15(18)22)10-17(28)16-11-26-19(12-25-16)32-8-6-23/h3-4,9,11-12H,5-8,10,13H2,1-2H3,(H2,24,27)/t22-/m0/s1. The number of hydrogen-bond donors (Lipinski definition) is 1. The Bertz CT molecular complexity index is 1210. The molecule has 0 saturated carbocycles. The molecule has 33 heavy (non-hydrogen) atoms. The number of alkyl halides is 1. The summed E-state index contributed by atoms with van der Waals surface area (Å²) in [5.74, 6) is 0.249. The molecule has 2 aliphatic heterocycles. The number of sulfone groups is 1. The number of amidine groups is 1. The van der Waals surface area contributed by atoms with Gasteiger partial charge in [0, 0.05) is 18.4 Å². The van der Waals surface area contributed by atoms with Crippen molar-refractivity contribution in [2.24, 2.45) is 10.7 Å². The molecule has 1 atom stereocenters. The molecule has 1 spiro atoms. The van der Waals surface area contributed by atoms with Crippen LogP contribution < -0.4 is 15.2 Å². The Morgan fingerprint density at radius 1 is 1.27 bits per heavy atom. The normalized spacial score (nSPS) is 22.7. The van der Waals surface area contributed by atoms with E-state index in [4.69, 9.17) is 15.2 Å². The van der Waals surface area contributed by atoms with Gasteiger partial charge in [0.2, 0.25) is 5.88 Å². The highest BCUT2D eigenvalue weighted by molar-refractivity contribution is 7.93. The van der Waals surface area contributed by atoms with Crippen molar-refractivity contribution in [3.63, 3.8) is 0 Å². The third-order valence-corrected chi connectivity index (χ3v) is 8.70. The number of fused-ring (bicyclic) bond motifs is 2. The molecular formula is C22H25FN4O5S. The lowest BCUT2D eigenvalue weighted by Crippen LogP contribution is -2.56. The van der Waals surface area contributed by atoms with E-state index < -0.39 is 26.8 Å². The molecule has 0 amide bonds. The number of carbonyl (C=O) groups excluding carboxylic acids is 1. The van der Waals surface area contributed by atoms with Crippen LogP contribution in [0.15, 0.2) is 35.6 Å². The molecule has 0 radical (unpaired) electrons. The van der Waals surface area contributed by atoms with E-state index in [-0.39, 0.29) is 42.0 Å². The Morgan fingerprint density at radius 3 is 2.73 bits per heavy atom. The van der Waals surface area contributed by atoms with Crippen LogP contribution in [0.5, 0.6) is 11.6 Å². The maximum atomic E-state index is 13.0. The largest absolute Gasteiger partial charge is 0.493 e. The van der Waals surface area contributed by atoms with Crippen LogP contribution in [0.4, 0.5) is 4.39 Å². The van der Waals surface area contributed by atoms with Gasteiger partial charge in [-0.05, 0) is 31.5 Å². The molecule has 2 N–H and O–H groups in total. The van der Waals surface area contributed by atoms with Crippen LogP contribution in [0.2, 0.25) is 0 Å². The molecule has 2 aromatic rings. The van der Waals surface area contributed by atoms with E-state index in [1.165, 1.54) is 12.4 Å². The Hall–Kier alpha value is -3.08. The molecule has 0 saturated heterocycles. The number of benzene rings is 1. The van der Waals surface area contributed by atoms with Crippen LogP contribution in [0.25, 0.3) is 0 Å². The van der Waals surface area contributed by atoms with Crippen LogP contribution in [-0.2, 0) is 21.8 Å². The van der Waals surface area contributed by atoms with E-state index in [0.717, 1.165) is 0 Å². The lowest BCUT2D eigenvalue weighted by Gasteiger charge is -2.42. The zero-order chi connectivity index (χ0) is 23.9. The maximum Gasteiger partial charge on any atom is 0.232 e. The Balaban J connectivity index is 1.63. The van der Waals surface area contributed by atoms with Crippen LogP contribution >= 0.6 is 0 Å². The molecular weight excluding hydrogens is 451 g/mol. The first-order valence-corrected chi connectivity index (χ1v) is 12.1. The summed E-state index contributed by atoms with van der Waals surface area (Å²) < 4.78 is 47.8. The highest BCUT2D eigenvalue weighted by Gasteiger charge is 2.52. The van der Waals surface area contributed by atoms with E-state index in [0.29, 0.717) is 29.9 Å². The second kappa shape index (κ2) is 8.36. The third-order valence-electron chi connectivity index (χ3n) is 6.08. The first kappa shape index (κ1) is 23.1. The van der Waals surface area contributed by atoms with Crippen molar-refractivity contribution in [1.82, 2.24) is 9.97 Å². The predicted molar refractivity (Wildman–Crippen MR) is 119 cm³/mol. The number of ether oxygens (including phenoxy) is 2. The van der Waals surface area contributed by atoms with E-state index in [1.807, 2.05) is 0 Å². The fourth-order valence-corrected chi connectivity index (χ4v) is 5.63. The van der Waals surface area contributed by atoms with Crippen molar-refractivity contribution in [3.8, 4) is 11.6 Å². The number of carbonyl (C=O) groups is 1. The van der Waals surface area contributed by atoms with Gasteiger partial charge in [-0.25, -0.2) is 22.8 Å². The van der Waals surface area contributed by atoms with E-state index >= 15 is 0 Å². The van der Waals surface area contributed by atoms with Gasteiger partial charge < -0.3 is 15.2 Å². The molecule has 11 heteroatoms. The lowest BCUT2D eigenvalue weighted by molar-refractivity contribution is 0.0987. The molecule has 2 aliphatic rings. The lowest BCUT2D eigenvalue weighted by atomic mass is 9.84. The average molecular weight is 477 g/mol. The van der Waals surface area contributed by atoms with Crippen molar-refractivity contribution < 1.29 is 27.1 Å². The minimum Gasteiger partial charge on any atom is -0.493 e. The monoisotopic (exact) mass is 476 g/mol. The number of nitrogens with two attached hydrogens (primary N) is 1. The number of aromatic nitrogens is 2. The zero-order valence-electron chi connectivity index (χ0n) is 18.4. The fraction of sp³-hybridized carbons (Fsp3) is 0.455. The average Bonchev–Trinajstić information content (AvgIpc) is 2.77. The van der Waals surface area contributed by atoms with Crippen molar-refractivity contribution in [1.29, 1.82) is 0 Å². The van der Waals surface area contributed by atoms with Crippen LogP contribution in [0.3, 0.4) is 0 Å². The molecule has 3 heterocycles. The molecule has 9 nitrogen and oxygen atoms in total. The van der Waals surface area contributed by atoms with Gasteiger partial charge in [0.1, 0.15) is 40.8 Å². The topological polar surface area (TPSA) is 134 Å². The maximum absolute atomic E-state index is 13.0. The van der Waals surface area contributed by atoms with Crippen LogP contribution in [0.1, 0.15) is 41.9 Å². The highest BCUT2D eigenvalue weighted by Crippen LogP contribution is 2.45. The van der Waals surface area contributed by atoms with Gasteiger partial charge in [0.05, 0.1) is 24.8 Å². The van der Waals surface area contributed by atoms with E-state index in [9.17, 15) is 17.6 Å². The van der Waals surface area contributed by atoms with Crippen molar-refractivity contribution in [2.45, 2.75) is 37.0 Å². The highest BCUT2D eigenvalue weighted by atomic mass is 32.2. The summed E-state index contributed by atoms with van der Waals surface area (Å²) in [7, 11) is -3.58. The second-order valence-electron chi connectivity index (χ2n) is 8.60. The van der Waals surface area contributed by atoms with Crippen LogP contribution in [-0.4, -0.2) is 60.4 Å². The van der Waals surface area contributed by atoms with Gasteiger partial charge in [0.15, 0.2) is 15.6 Å². The summed E-state index contributed by atoms with van der Waals surface area (Å²) in [6.45, 7) is 2.63. The van der Waals surface area contributed by atoms with Gasteiger partial charge in [-0.3, -0.25) is 9.79 Å². The van der Waals surface area contributed by atoms with Crippen LogP contribution in [0, 0.1) is 0 Å². The predicted octanol–water partition coefficient (Wildman–Crippen LogP) is 1.79. The second-order valence-corrected chi connectivity index (χ2v) is 11.1. The molecule has 0 bridgehead atoms. The number of hydrogen-bond acceptors (Lipinski definition) is 9. The minimum absolute atomic E-state index is 0.0141. The number of Topliss-reactive ketones (excluding diaryl/α,β-unsaturated/α-hetero) is 1. The van der Waals surface area contributed by atoms with Gasteiger partial charge in [-0.15, -0.1) is 0 Å². The fourth-order valence-electron chi connectivity index (χ4n) is 3.91. The molecule has 1 aromatic carbocycles. The van der Waals surface area contributed by atoms with Gasteiger partial charge in [0.25, 0.3) is 0 Å². The summed E-state index contributed by atoms with van der Waals surface area (Å²) in [6, 6.07) is 5.22. The number of rotatable bonds is 6.